The predicted octanol–water partition coefficient (Wildman–Crippen LogP) is 4.36. The largest absolute Gasteiger partial charge is 0.366 e. The van der Waals surface area contributed by atoms with Gasteiger partial charge in [-0.25, -0.2) is 13.4 Å². The van der Waals surface area contributed by atoms with Crippen LogP contribution in [-0.2, 0) is 21.2 Å². The summed E-state index contributed by atoms with van der Waals surface area (Å²) in [6.45, 7) is 1.11. The number of nitrogens with one attached hydrogen (secondary N) is 2. The number of nitrogens with zero attached hydrogens (tertiary/aromatic N) is 4. The molecule has 1 atom stereocenters. The van der Waals surface area contributed by atoms with Crippen molar-refractivity contribution < 1.29 is 13.2 Å². The van der Waals surface area contributed by atoms with Crippen LogP contribution in [0.2, 0.25) is 0 Å². The third-order valence-corrected chi connectivity index (χ3v) is 8.46. The van der Waals surface area contributed by atoms with E-state index in [4.69, 9.17) is 4.98 Å². The number of halogens is 1. The summed E-state index contributed by atoms with van der Waals surface area (Å²) in [5.74, 6) is 0.845. The van der Waals surface area contributed by atoms with Crippen molar-refractivity contribution in [2.45, 2.75) is 43.0 Å². The normalized spacial score (nSPS) is 12.4. The van der Waals surface area contributed by atoms with Gasteiger partial charge in [-0.15, -0.1) is 0 Å². The number of sulfone groups is 1. The Morgan fingerprint density at radius 2 is 1.86 bits per heavy atom. The van der Waals surface area contributed by atoms with E-state index in [2.05, 4.69) is 36.6 Å². The Hall–Kier alpha value is -3.31. The molecule has 0 saturated heterocycles. The Bertz CT molecular complexity index is 1410. The first kappa shape index (κ1) is 26.7. The van der Waals surface area contributed by atoms with Crippen LogP contribution in [0.4, 0.5) is 5.82 Å². The van der Waals surface area contributed by atoms with Gasteiger partial charge in [0.15, 0.2) is 15.5 Å². The van der Waals surface area contributed by atoms with Gasteiger partial charge in [-0.1, -0.05) is 24.3 Å². The van der Waals surface area contributed by atoms with Crippen molar-refractivity contribution in [3.63, 3.8) is 0 Å². The maximum absolute atomic E-state index is 12.8. The summed E-state index contributed by atoms with van der Waals surface area (Å²) in [6, 6.07) is 14.4. The zero-order valence-electron chi connectivity index (χ0n) is 20.3. The highest BCUT2D eigenvalue weighted by Gasteiger charge is 2.20. The SMILES string of the molecule is O=CNCCCC(CCCS(=O)(=O)c1ccccc1)c1cc(NCc2cccnc2)n2ncc(Br)c2n1. The van der Waals surface area contributed by atoms with Gasteiger partial charge in [0.05, 0.1) is 21.3 Å². The average Bonchev–Trinajstić information content (AvgIpc) is 3.30. The number of hydrogen-bond donors (Lipinski definition) is 2. The molecule has 0 radical (unpaired) electrons. The molecule has 2 N–H and O–H groups in total. The number of hydrogen-bond acceptors (Lipinski definition) is 7. The zero-order chi connectivity index (χ0) is 26.1. The van der Waals surface area contributed by atoms with E-state index in [9.17, 15) is 13.2 Å². The molecule has 11 heteroatoms. The highest BCUT2D eigenvalue weighted by atomic mass is 79.9. The standard InChI is InChI=1S/C26H29BrN6O3S/c27-23-18-31-33-25(30-17-20-7-4-12-28-16-20)15-24(32-26(23)33)21(8-5-13-29-19-34)9-6-14-37(35,36)22-10-2-1-3-11-22/h1-4,7,10-12,15-16,18-19,21,30H,5-6,8-9,13-14,17H2,(H,29,34). The maximum Gasteiger partial charge on any atom is 0.207 e. The van der Waals surface area contributed by atoms with Crippen LogP contribution in [0.1, 0.15) is 42.9 Å². The third-order valence-electron chi connectivity index (χ3n) is 6.09. The fraction of sp³-hybridized carbons (Fsp3) is 0.308. The van der Waals surface area contributed by atoms with Gasteiger partial charge in [-0.05, 0) is 65.4 Å². The number of carbonyl (C=O) groups excluding carboxylic acids is 1. The lowest BCUT2D eigenvalue weighted by Gasteiger charge is -2.19. The van der Waals surface area contributed by atoms with Gasteiger partial charge in [0.25, 0.3) is 0 Å². The summed E-state index contributed by atoms with van der Waals surface area (Å²) in [7, 11) is -3.37. The van der Waals surface area contributed by atoms with Crippen molar-refractivity contribution in [1.29, 1.82) is 0 Å². The number of aromatic nitrogens is 4. The minimum absolute atomic E-state index is 0.00478. The molecule has 1 unspecified atom stereocenters. The van der Waals surface area contributed by atoms with Gasteiger partial charge in [0.2, 0.25) is 6.41 Å². The molecule has 4 rings (SSSR count). The van der Waals surface area contributed by atoms with Crippen LogP contribution in [0, 0.1) is 0 Å². The summed E-state index contributed by atoms with van der Waals surface area (Å²) in [5, 5.41) is 10.6. The minimum Gasteiger partial charge on any atom is -0.366 e. The summed E-state index contributed by atoms with van der Waals surface area (Å²) in [6.07, 6.45) is 8.58. The first-order chi connectivity index (χ1) is 18.0. The van der Waals surface area contributed by atoms with E-state index in [1.807, 2.05) is 18.2 Å². The molecule has 194 valence electrons. The lowest BCUT2D eigenvalue weighted by atomic mass is 9.94. The van der Waals surface area contributed by atoms with E-state index in [1.165, 1.54) is 0 Å². The molecule has 1 aromatic carbocycles. The second-order valence-electron chi connectivity index (χ2n) is 8.69. The molecule has 0 bridgehead atoms. The summed E-state index contributed by atoms with van der Waals surface area (Å²) >= 11 is 3.55. The molecule has 0 saturated carbocycles. The molecule has 1 amide bonds. The monoisotopic (exact) mass is 584 g/mol. The molecular formula is C26H29BrN6O3S. The Kier molecular flexibility index (Phi) is 9.24. The van der Waals surface area contributed by atoms with E-state index in [0.717, 1.165) is 34.4 Å². The topological polar surface area (TPSA) is 118 Å². The van der Waals surface area contributed by atoms with Crippen molar-refractivity contribution in [2.75, 3.05) is 17.6 Å². The first-order valence-corrected chi connectivity index (χ1v) is 14.5. The lowest BCUT2D eigenvalue weighted by molar-refractivity contribution is -0.109. The van der Waals surface area contributed by atoms with Crippen molar-refractivity contribution in [3.05, 3.63) is 82.9 Å². The number of rotatable bonds is 14. The van der Waals surface area contributed by atoms with E-state index >= 15 is 0 Å². The lowest BCUT2D eigenvalue weighted by Crippen LogP contribution is -2.15. The van der Waals surface area contributed by atoms with Crippen molar-refractivity contribution >= 4 is 43.6 Å². The Morgan fingerprint density at radius 3 is 2.62 bits per heavy atom. The molecular weight excluding hydrogens is 556 g/mol. The van der Waals surface area contributed by atoms with Crippen LogP contribution in [0.3, 0.4) is 0 Å². The van der Waals surface area contributed by atoms with Crippen LogP contribution >= 0.6 is 15.9 Å². The van der Waals surface area contributed by atoms with Gasteiger partial charge >= 0.3 is 0 Å². The van der Waals surface area contributed by atoms with E-state index in [-0.39, 0.29) is 11.7 Å². The Balaban J connectivity index is 1.56. The van der Waals surface area contributed by atoms with Gasteiger partial charge < -0.3 is 10.6 Å². The summed E-state index contributed by atoms with van der Waals surface area (Å²) in [4.78, 5) is 20.1. The van der Waals surface area contributed by atoms with Crippen molar-refractivity contribution in [3.8, 4) is 0 Å². The number of carbonyl (C=O) groups is 1. The van der Waals surface area contributed by atoms with Crippen LogP contribution in [-0.4, -0.2) is 46.7 Å². The van der Waals surface area contributed by atoms with Crippen LogP contribution < -0.4 is 10.6 Å². The van der Waals surface area contributed by atoms with E-state index < -0.39 is 9.84 Å². The Labute approximate surface area is 224 Å². The molecule has 4 aromatic rings. The minimum atomic E-state index is -3.37. The van der Waals surface area contributed by atoms with Gasteiger partial charge in [0.1, 0.15) is 5.82 Å². The second-order valence-corrected chi connectivity index (χ2v) is 11.7. The fourth-order valence-corrected chi connectivity index (χ4v) is 5.90. The second kappa shape index (κ2) is 12.8. The molecule has 0 aliphatic heterocycles. The number of benzene rings is 1. The molecule has 0 aliphatic rings. The molecule has 3 aromatic heterocycles. The van der Waals surface area contributed by atoms with E-state index in [0.29, 0.717) is 42.9 Å². The zero-order valence-corrected chi connectivity index (χ0v) is 22.7. The molecule has 37 heavy (non-hydrogen) atoms. The molecule has 0 fully saturated rings. The molecule has 0 spiro atoms. The van der Waals surface area contributed by atoms with Crippen LogP contribution in [0.25, 0.3) is 5.65 Å². The van der Waals surface area contributed by atoms with Crippen LogP contribution in [0.15, 0.2) is 76.5 Å². The predicted molar refractivity (Wildman–Crippen MR) is 146 cm³/mol. The van der Waals surface area contributed by atoms with Crippen LogP contribution in [0.5, 0.6) is 0 Å². The first-order valence-electron chi connectivity index (χ1n) is 12.1. The number of amides is 1. The van der Waals surface area contributed by atoms with Gasteiger partial charge in [-0.2, -0.15) is 9.61 Å². The maximum atomic E-state index is 12.8. The molecule has 3 heterocycles. The quantitative estimate of drug-likeness (QED) is 0.167. The number of pyridine rings is 1. The van der Waals surface area contributed by atoms with E-state index in [1.54, 1.807) is 53.4 Å². The highest BCUT2D eigenvalue weighted by Crippen LogP contribution is 2.30. The smallest absolute Gasteiger partial charge is 0.207 e. The summed E-state index contributed by atoms with van der Waals surface area (Å²) in [5.41, 5.74) is 2.56. The highest BCUT2D eigenvalue weighted by molar-refractivity contribution is 9.10. The number of anilines is 1. The third kappa shape index (κ3) is 7.14. The van der Waals surface area contributed by atoms with Gasteiger partial charge in [-0.3, -0.25) is 9.78 Å². The molecule has 0 aliphatic carbocycles. The summed E-state index contributed by atoms with van der Waals surface area (Å²) < 4.78 is 28.1. The fourth-order valence-electron chi connectivity index (χ4n) is 4.20. The van der Waals surface area contributed by atoms with Crippen molar-refractivity contribution in [2.24, 2.45) is 0 Å². The van der Waals surface area contributed by atoms with Crippen molar-refractivity contribution in [1.82, 2.24) is 24.9 Å². The Morgan fingerprint density at radius 1 is 1.05 bits per heavy atom. The average molecular weight is 586 g/mol. The van der Waals surface area contributed by atoms with Gasteiger partial charge in [0, 0.05) is 43.2 Å². The number of fused-ring (bicyclic) bond motifs is 1. The molecule has 9 nitrogen and oxygen atoms in total.